The van der Waals surface area contributed by atoms with E-state index in [1.165, 1.54) is 6.08 Å². The summed E-state index contributed by atoms with van der Waals surface area (Å²) in [5, 5.41) is 9.94. The zero-order chi connectivity index (χ0) is 15.4. The summed E-state index contributed by atoms with van der Waals surface area (Å²) in [5.74, 6) is -2.14. The fraction of sp³-hybridized carbons (Fsp3) is 0.692. The van der Waals surface area contributed by atoms with Crippen LogP contribution in [0.15, 0.2) is 12.7 Å². The molecule has 0 aliphatic rings. The Morgan fingerprint density at radius 1 is 1.15 bits per heavy atom. The number of carbonyl (C=O) groups is 2. The minimum atomic E-state index is -1.46. The van der Waals surface area contributed by atoms with Gasteiger partial charge in [0.05, 0.1) is 0 Å². The van der Waals surface area contributed by atoms with Gasteiger partial charge >= 0.3 is 143 Å². The normalized spacial score (nSPS) is 13.8. The molecule has 0 aromatic carbocycles. The molecule has 2 atom stereocenters. The second-order valence-corrected chi connectivity index (χ2v) is 8.25. The van der Waals surface area contributed by atoms with E-state index in [0.717, 1.165) is 21.7 Å². The molecule has 0 unspecified atom stereocenters. The minimum absolute atomic E-state index is 0.205. The van der Waals surface area contributed by atoms with Gasteiger partial charge < -0.3 is 0 Å². The molecular formula is C13H22I2O5-2. The van der Waals surface area contributed by atoms with Crippen molar-refractivity contribution in [3.63, 3.8) is 0 Å². The molecule has 0 saturated heterocycles. The van der Waals surface area contributed by atoms with E-state index < -0.39 is 67.2 Å². The van der Waals surface area contributed by atoms with Gasteiger partial charge in [-0.15, -0.1) is 0 Å². The van der Waals surface area contributed by atoms with Crippen LogP contribution in [0, 0.1) is 5.92 Å². The molecule has 0 fully saturated rings. The van der Waals surface area contributed by atoms with Gasteiger partial charge in [-0.05, 0) is 0 Å². The summed E-state index contributed by atoms with van der Waals surface area (Å²) < 4.78 is 11.9. The molecule has 0 aliphatic carbocycles. The van der Waals surface area contributed by atoms with E-state index in [2.05, 4.69) is 6.58 Å². The maximum atomic E-state index is 11.9. The fourth-order valence-electron chi connectivity index (χ4n) is 1.14. The Kier molecular flexibility index (Phi) is 12.9. The molecular weight excluding hydrogens is 490 g/mol. The summed E-state index contributed by atoms with van der Waals surface area (Å²) in [6, 6.07) is 0. The third kappa shape index (κ3) is 8.40. The number of hydrogen-bond donors (Lipinski definition) is 1. The van der Waals surface area contributed by atoms with Crippen molar-refractivity contribution < 1.29 is 64.1 Å². The number of allylic oxidation sites excluding steroid dienone is 1. The van der Waals surface area contributed by atoms with Gasteiger partial charge in [-0.3, -0.25) is 0 Å². The Morgan fingerprint density at radius 2 is 1.65 bits per heavy atom. The average Bonchev–Trinajstić information content (AvgIpc) is 2.44. The second kappa shape index (κ2) is 12.8. The van der Waals surface area contributed by atoms with Gasteiger partial charge in [-0.25, -0.2) is 0 Å². The van der Waals surface area contributed by atoms with Gasteiger partial charge in [0.2, 0.25) is 0 Å². The molecule has 0 amide bonds. The standard InChI is InChI=1S/C13H22I2O5/c1-4-7-10(12(17)19-14-8-5-2)11(16)13(18)20-15-9-6-3/h4,10-11,16H,1,5-9H2,2-3H3/q-2/t10-,11+/m1/s1. The van der Waals surface area contributed by atoms with E-state index >= 15 is 0 Å². The number of alkyl halides is 2. The first-order valence-corrected chi connectivity index (χ1v) is 11.3. The van der Waals surface area contributed by atoms with Gasteiger partial charge in [0, 0.05) is 0 Å². The van der Waals surface area contributed by atoms with Gasteiger partial charge in [0.15, 0.2) is 0 Å². The average molecular weight is 512 g/mol. The molecule has 120 valence electrons. The van der Waals surface area contributed by atoms with E-state index in [1.807, 2.05) is 13.8 Å². The predicted molar refractivity (Wildman–Crippen MR) is 66.8 cm³/mol. The fourth-order valence-corrected chi connectivity index (χ4v) is 3.66. The topological polar surface area (TPSA) is 72.8 Å². The monoisotopic (exact) mass is 512 g/mol. The Morgan fingerprint density at radius 3 is 2.10 bits per heavy atom. The molecule has 1 N–H and O–H groups in total. The van der Waals surface area contributed by atoms with Crippen LogP contribution in [0.4, 0.5) is 0 Å². The quantitative estimate of drug-likeness (QED) is 0.131. The number of aliphatic hydroxyl groups is 1. The Bertz CT molecular complexity index is 309. The van der Waals surface area contributed by atoms with Crippen molar-refractivity contribution in [3.8, 4) is 0 Å². The maximum absolute atomic E-state index is 11.9. The van der Waals surface area contributed by atoms with E-state index in [-0.39, 0.29) is 6.42 Å². The molecule has 0 heterocycles. The third-order valence-corrected chi connectivity index (χ3v) is 6.67. The van der Waals surface area contributed by atoms with Crippen LogP contribution >= 0.6 is 0 Å². The molecule has 0 bridgehead atoms. The summed E-state index contributed by atoms with van der Waals surface area (Å²) in [6.45, 7) is 7.55. The van der Waals surface area contributed by atoms with Crippen LogP contribution in [-0.2, 0) is 15.7 Å². The van der Waals surface area contributed by atoms with Crippen molar-refractivity contribution in [2.75, 3.05) is 8.86 Å². The predicted octanol–water partition coefficient (Wildman–Crippen LogP) is -4.55. The molecule has 0 radical (unpaired) electrons. The van der Waals surface area contributed by atoms with Gasteiger partial charge in [0.25, 0.3) is 0 Å². The first kappa shape index (κ1) is 20.1. The Labute approximate surface area is 142 Å². The zero-order valence-corrected chi connectivity index (χ0v) is 16.1. The first-order chi connectivity index (χ1) is 9.58. The van der Waals surface area contributed by atoms with E-state index in [4.69, 9.17) is 6.13 Å². The van der Waals surface area contributed by atoms with Crippen molar-refractivity contribution in [2.24, 2.45) is 5.92 Å². The number of rotatable bonds is 11. The summed E-state index contributed by atoms with van der Waals surface area (Å²) in [6.07, 6.45) is 2.15. The SMILES string of the molecule is C=CC[C@@H](C(=O)O[I-]CCC)[C@H](O)C(=O)O[I-]CCC. The van der Waals surface area contributed by atoms with Crippen molar-refractivity contribution in [1.29, 1.82) is 0 Å². The summed E-state index contributed by atoms with van der Waals surface area (Å²) in [7, 11) is 0. The molecule has 0 aromatic heterocycles. The molecule has 0 saturated carbocycles. The molecule has 20 heavy (non-hydrogen) atoms. The first-order valence-electron chi connectivity index (χ1n) is 6.47. The summed E-state index contributed by atoms with van der Waals surface area (Å²) in [4.78, 5) is 23.6. The Balaban J connectivity index is 4.43. The van der Waals surface area contributed by atoms with E-state index in [0.29, 0.717) is 0 Å². The molecule has 0 aliphatic heterocycles. The number of hydrogen-bond acceptors (Lipinski definition) is 5. The van der Waals surface area contributed by atoms with Crippen LogP contribution in [0.25, 0.3) is 0 Å². The molecule has 0 rings (SSSR count). The second-order valence-electron chi connectivity index (χ2n) is 3.96. The van der Waals surface area contributed by atoms with Crippen LogP contribution in [-0.4, -0.2) is 32.0 Å². The molecule has 0 spiro atoms. The number of carbonyl (C=O) groups excluding carboxylic acids is 2. The Hall–Kier alpha value is 0.1000. The van der Waals surface area contributed by atoms with E-state index in [1.54, 1.807) is 0 Å². The van der Waals surface area contributed by atoms with Crippen molar-refractivity contribution in [1.82, 2.24) is 0 Å². The summed E-state index contributed by atoms with van der Waals surface area (Å²) >= 11 is -1.36. The van der Waals surface area contributed by atoms with Crippen LogP contribution in [0.3, 0.4) is 0 Å². The van der Waals surface area contributed by atoms with Crippen LogP contribution in [0.2, 0.25) is 0 Å². The van der Waals surface area contributed by atoms with Crippen LogP contribution < -0.4 is 43.2 Å². The van der Waals surface area contributed by atoms with Crippen molar-refractivity contribution in [3.05, 3.63) is 12.7 Å². The van der Waals surface area contributed by atoms with Gasteiger partial charge in [-0.1, -0.05) is 0 Å². The molecule has 0 aromatic rings. The van der Waals surface area contributed by atoms with Gasteiger partial charge in [-0.2, -0.15) is 0 Å². The summed E-state index contributed by atoms with van der Waals surface area (Å²) in [5.41, 5.74) is 0. The number of aliphatic hydroxyl groups excluding tert-OH is 1. The zero-order valence-electron chi connectivity index (χ0n) is 11.8. The number of halogens is 2. The van der Waals surface area contributed by atoms with Gasteiger partial charge in [0.1, 0.15) is 0 Å². The van der Waals surface area contributed by atoms with E-state index in [9.17, 15) is 14.7 Å². The van der Waals surface area contributed by atoms with Crippen LogP contribution in [0.1, 0.15) is 33.1 Å². The molecule has 7 heteroatoms. The third-order valence-electron chi connectivity index (χ3n) is 2.14. The molecule has 5 nitrogen and oxygen atoms in total. The van der Waals surface area contributed by atoms with Crippen molar-refractivity contribution >= 4 is 11.9 Å². The van der Waals surface area contributed by atoms with Crippen molar-refractivity contribution in [2.45, 2.75) is 39.2 Å². The van der Waals surface area contributed by atoms with Crippen LogP contribution in [0.5, 0.6) is 0 Å².